The molecular weight excluding hydrogens is 953 g/mol. The fourth-order valence-electron chi connectivity index (χ4n) is 7.87. The van der Waals surface area contributed by atoms with Crippen molar-refractivity contribution in [2.75, 3.05) is 39.5 Å². The van der Waals surface area contributed by atoms with Gasteiger partial charge in [-0.2, -0.15) is 0 Å². The van der Waals surface area contributed by atoms with Crippen molar-refractivity contribution in [1.82, 2.24) is 31.9 Å². The second-order valence-corrected chi connectivity index (χ2v) is 18.7. The van der Waals surface area contributed by atoms with Crippen LogP contribution in [0.4, 0.5) is 0 Å². The normalized spacial score (nSPS) is 27.6. The predicted molar refractivity (Wildman–Crippen MR) is 252 cm³/mol. The van der Waals surface area contributed by atoms with E-state index < -0.39 is 109 Å². The summed E-state index contributed by atoms with van der Waals surface area (Å²) in [4.78, 5) is 104. The summed E-state index contributed by atoms with van der Waals surface area (Å²) in [5.74, 6) is -4.61. The van der Waals surface area contributed by atoms with E-state index in [1.807, 2.05) is 13.8 Å². The van der Waals surface area contributed by atoms with Crippen LogP contribution in [0.15, 0.2) is 0 Å². The highest BCUT2D eigenvalue weighted by atomic mass is 16.7. The summed E-state index contributed by atoms with van der Waals surface area (Å²) in [6, 6.07) is -4.26. The molecule has 25 heteroatoms. The first-order valence-corrected chi connectivity index (χ1v) is 25.1. The minimum Gasteiger partial charge on any atom is -0.388 e. The molecule has 3 heterocycles. The fraction of sp³-hybridized carbons (Fsp3) is 0.830. The molecule has 3 aliphatic heterocycles. The average molecular weight is 1030 g/mol. The van der Waals surface area contributed by atoms with Gasteiger partial charge in [-0.1, -0.05) is 0 Å². The third-order valence-electron chi connectivity index (χ3n) is 12.2. The van der Waals surface area contributed by atoms with E-state index in [0.29, 0.717) is 38.5 Å². The van der Waals surface area contributed by atoms with Crippen molar-refractivity contribution in [3.8, 4) is 0 Å². The molecule has 11 N–H and O–H groups in total. The van der Waals surface area contributed by atoms with Crippen molar-refractivity contribution >= 4 is 47.0 Å². The first-order valence-electron chi connectivity index (χ1n) is 25.1. The summed E-state index contributed by atoms with van der Waals surface area (Å²) in [5, 5.41) is 66.4. The number of unbranched alkanes of at least 4 members (excludes halogenated alkanes) is 1. The molecule has 0 aliphatic carbocycles. The second kappa shape index (κ2) is 32.8. The van der Waals surface area contributed by atoms with Gasteiger partial charge < -0.3 is 95.4 Å². The Bertz CT molecular complexity index is 1750. The lowest BCUT2D eigenvalue weighted by molar-refractivity contribution is -0.292. The van der Waals surface area contributed by atoms with Gasteiger partial charge in [0.05, 0.1) is 38.1 Å². The van der Waals surface area contributed by atoms with Crippen molar-refractivity contribution in [3.05, 3.63) is 0 Å². The van der Waals surface area contributed by atoms with Crippen LogP contribution in [0.2, 0.25) is 0 Å². The molecule has 72 heavy (non-hydrogen) atoms. The lowest BCUT2D eigenvalue weighted by Gasteiger charge is -2.38. The lowest BCUT2D eigenvalue weighted by Crippen LogP contribution is -2.58. The Hall–Kier alpha value is -4.28. The number of amides is 6. The molecule has 0 spiro atoms. The Morgan fingerprint density at radius 1 is 0.472 bits per heavy atom. The molecule has 0 aromatic rings. The van der Waals surface area contributed by atoms with Gasteiger partial charge in [0, 0.05) is 51.7 Å². The minimum absolute atomic E-state index is 0.00505. The largest absolute Gasteiger partial charge is 0.388 e. The molecule has 3 saturated heterocycles. The van der Waals surface area contributed by atoms with Crippen LogP contribution < -0.4 is 31.9 Å². The van der Waals surface area contributed by atoms with E-state index in [4.69, 9.17) is 28.4 Å². The highest BCUT2D eigenvalue weighted by Gasteiger charge is 2.42. The molecule has 25 nitrogen and oxygen atoms in total. The summed E-state index contributed by atoms with van der Waals surface area (Å²) in [5.41, 5.74) is 0. The van der Waals surface area contributed by atoms with Crippen molar-refractivity contribution in [2.24, 2.45) is 0 Å². The van der Waals surface area contributed by atoms with Gasteiger partial charge in [0.2, 0.25) is 35.4 Å². The Morgan fingerprint density at radius 3 is 1.40 bits per heavy atom. The Balaban J connectivity index is 1.70. The third-order valence-corrected chi connectivity index (χ3v) is 12.2. The molecule has 0 aromatic carbocycles. The van der Waals surface area contributed by atoms with Crippen molar-refractivity contribution in [1.29, 1.82) is 0 Å². The van der Waals surface area contributed by atoms with Crippen LogP contribution in [0.25, 0.3) is 0 Å². The number of rotatable bonds is 32. The molecule has 3 aliphatic rings. The number of aliphatic hydroxyl groups excluding tert-OH is 5. The molecule has 3 rings (SSSR count). The number of hydrogen-bond acceptors (Lipinski definition) is 19. The number of aliphatic hydroxyl groups is 5. The molecule has 412 valence electrons. The highest BCUT2D eigenvalue weighted by molar-refractivity contribution is 5.95. The van der Waals surface area contributed by atoms with Gasteiger partial charge in [-0.15, -0.1) is 0 Å². The maximum Gasteiger partial charge on any atom is 0.243 e. The number of ketones is 2. The number of nitrogens with one attached hydrogen (secondary N) is 6. The molecule has 3 fully saturated rings. The number of Topliss-reactive ketones (excluding diaryl/α,β-unsaturated/α-hetero) is 2. The Kier molecular flexibility index (Phi) is 28.3. The van der Waals surface area contributed by atoms with Crippen LogP contribution in [0.5, 0.6) is 0 Å². The summed E-state index contributed by atoms with van der Waals surface area (Å²) >= 11 is 0. The van der Waals surface area contributed by atoms with E-state index in [9.17, 15) is 63.9 Å². The molecule has 0 bridgehead atoms. The molecule has 0 unspecified atom stereocenters. The maximum absolute atomic E-state index is 14.1. The fourth-order valence-corrected chi connectivity index (χ4v) is 7.87. The number of carbonyl (C=O) groups excluding carboxylic acids is 8. The lowest BCUT2D eigenvalue weighted by atomic mass is 10.0. The SMILES string of the molecule is CC(=O)CCCCC(=O)N[C@@H](CCC(=O)NCCO[C@@H]1O[C@@H](C)CC[C@@H]1O)C(=O)N[C@@H](CCC(C)=O)C(=O)N[C@@H](CCC(=O)NCCO[C@@H]1O[C@@H](C)CC[C@@H]1O)C(=O)NCCO[C@@H]1O[C@@H](C)[C@@H](O)[C@@H](O)[C@@H]1O. The predicted octanol–water partition coefficient (Wildman–Crippen LogP) is -2.48. The average Bonchev–Trinajstić information content (AvgIpc) is 3.33. The number of ether oxygens (including phenoxy) is 6. The quantitative estimate of drug-likeness (QED) is 0.0311. The van der Waals surface area contributed by atoms with E-state index in [0.717, 1.165) is 0 Å². The monoisotopic (exact) mass is 1030 g/mol. The summed E-state index contributed by atoms with van der Waals surface area (Å²) in [6.45, 7) is 7.44. The molecular formula is C47H80N6O19. The van der Waals surface area contributed by atoms with Gasteiger partial charge in [-0.05, 0) is 92.4 Å². The van der Waals surface area contributed by atoms with Crippen LogP contribution in [0, 0.1) is 0 Å². The zero-order chi connectivity index (χ0) is 53.3. The third kappa shape index (κ3) is 23.3. The van der Waals surface area contributed by atoms with Gasteiger partial charge in [0.25, 0.3) is 0 Å². The van der Waals surface area contributed by atoms with Crippen LogP contribution in [0.3, 0.4) is 0 Å². The molecule has 6 amide bonds. The van der Waals surface area contributed by atoms with Gasteiger partial charge in [0.1, 0.15) is 60.2 Å². The molecule has 0 radical (unpaired) electrons. The smallest absolute Gasteiger partial charge is 0.243 e. The van der Waals surface area contributed by atoms with Crippen LogP contribution >= 0.6 is 0 Å². The Morgan fingerprint density at radius 2 is 0.903 bits per heavy atom. The van der Waals surface area contributed by atoms with Crippen LogP contribution in [0.1, 0.15) is 125 Å². The van der Waals surface area contributed by atoms with Gasteiger partial charge >= 0.3 is 0 Å². The standard InChI is InChI=1S/C47H80N6O19/c1-26(54)8-6-7-9-38(60)51-32(15-19-37(59)49-21-24-68-46-35(57)17-12-29(4)71-46)43(65)53-33(13-10-27(2)55)44(66)52-31(14-18-36(58)48-20-23-67-45-34(56)16-11-28(3)70-45)42(64)50-22-25-69-47-41(63)40(62)39(61)30(5)72-47/h28-35,39-41,45-47,56-57,61-63H,6-25H2,1-5H3,(H,48,58)(H,49,59)(H,50,64)(H,51,60)(H,52,66)(H,53,65)/t28-,29-,30-,31-,32-,33-,34-,35-,39+,40+,41-,45+,46+,47+/m0/s1. The first-order chi connectivity index (χ1) is 34.1. The Labute approximate surface area is 420 Å². The molecule has 0 saturated carbocycles. The first kappa shape index (κ1) is 62.0. The number of carbonyl (C=O) groups is 8. The number of hydrogen-bond donors (Lipinski definition) is 11. The summed E-state index contributed by atoms with van der Waals surface area (Å²) in [7, 11) is 0. The highest BCUT2D eigenvalue weighted by Crippen LogP contribution is 2.23. The molecule has 0 aromatic heterocycles. The zero-order valence-electron chi connectivity index (χ0n) is 42.2. The second-order valence-electron chi connectivity index (χ2n) is 18.7. The minimum atomic E-state index is -1.61. The van der Waals surface area contributed by atoms with Gasteiger partial charge in [0.15, 0.2) is 18.9 Å². The van der Waals surface area contributed by atoms with Crippen molar-refractivity contribution in [3.63, 3.8) is 0 Å². The van der Waals surface area contributed by atoms with Gasteiger partial charge in [-0.25, -0.2) is 0 Å². The summed E-state index contributed by atoms with van der Waals surface area (Å²) < 4.78 is 33.3. The van der Waals surface area contributed by atoms with E-state index in [1.165, 1.54) is 20.8 Å². The van der Waals surface area contributed by atoms with E-state index in [2.05, 4.69) is 31.9 Å². The topological polar surface area (TPSA) is 365 Å². The van der Waals surface area contributed by atoms with E-state index in [1.54, 1.807) is 0 Å². The van der Waals surface area contributed by atoms with Gasteiger partial charge in [-0.3, -0.25) is 28.8 Å². The van der Waals surface area contributed by atoms with E-state index >= 15 is 0 Å². The summed E-state index contributed by atoms with van der Waals surface area (Å²) in [6.07, 6.45) is -8.63. The van der Waals surface area contributed by atoms with Crippen LogP contribution in [-0.4, -0.2) is 198 Å². The molecule has 14 atom stereocenters. The zero-order valence-corrected chi connectivity index (χ0v) is 42.2. The van der Waals surface area contributed by atoms with E-state index in [-0.39, 0.29) is 115 Å². The maximum atomic E-state index is 14.1. The van der Waals surface area contributed by atoms with Crippen LogP contribution in [-0.2, 0) is 66.8 Å². The van der Waals surface area contributed by atoms with Crippen molar-refractivity contribution in [2.45, 2.75) is 210 Å². The van der Waals surface area contributed by atoms with Crippen molar-refractivity contribution < 1.29 is 92.3 Å².